The molecule has 76 valence electrons. The van der Waals surface area contributed by atoms with Gasteiger partial charge in [0.2, 0.25) is 5.91 Å². The first-order chi connectivity index (χ1) is 6.63. The third-order valence-corrected chi connectivity index (χ3v) is 2.20. The van der Waals surface area contributed by atoms with Gasteiger partial charge in [0.15, 0.2) is 0 Å². The average Bonchev–Trinajstić information content (AvgIpc) is 2.10. The highest BCUT2D eigenvalue weighted by atomic mass is 79.9. The minimum Gasteiger partial charge on any atom is -0.399 e. The van der Waals surface area contributed by atoms with E-state index in [9.17, 15) is 4.79 Å². The van der Waals surface area contributed by atoms with Crippen LogP contribution in [0.4, 0.5) is 11.4 Å². The molecule has 1 rings (SSSR count). The van der Waals surface area contributed by atoms with E-state index < -0.39 is 0 Å². The average molecular weight is 259 g/mol. The molecule has 0 aliphatic carbocycles. The highest BCUT2D eigenvalue weighted by Crippen LogP contribution is 2.24. The van der Waals surface area contributed by atoms with Gasteiger partial charge in [-0.3, -0.25) is 4.79 Å². The van der Waals surface area contributed by atoms with Gasteiger partial charge in [-0.15, -0.1) is 0 Å². The molecule has 0 radical (unpaired) electrons. The van der Waals surface area contributed by atoms with E-state index in [0.29, 0.717) is 11.4 Å². The topological polar surface area (TPSA) is 64.3 Å². The molecule has 0 unspecified atom stereocenters. The Hall–Kier alpha value is -1.07. The van der Waals surface area contributed by atoms with Crippen LogP contribution < -0.4 is 11.1 Å². The number of nitrogen functional groups attached to an aromatic ring is 1. The molecule has 0 bridgehead atoms. The summed E-state index contributed by atoms with van der Waals surface area (Å²) >= 11 is 3.29. The Morgan fingerprint density at radius 3 is 2.93 bits per heavy atom. The van der Waals surface area contributed by atoms with Crippen LogP contribution in [0.1, 0.15) is 0 Å². The highest BCUT2D eigenvalue weighted by Gasteiger charge is 2.04. The van der Waals surface area contributed by atoms with Crippen LogP contribution in [0, 0.1) is 0 Å². The van der Waals surface area contributed by atoms with Gasteiger partial charge in [0, 0.05) is 17.3 Å². The lowest BCUT2D eigenvalue weighted by Gasteiger charge is -2.07. The van der Waals surface area contributed by atoms with E-state index in [2.05, 4.69) is 26.0 Å². The summed E-state index contributed by atoms with van der Waals surface area (Å²) in [5.41, 5.74) is 6.87. The number of carbonyl (C=O) groups is 1. The Morgan fingerprint density at radius 1 is 1.64 bits per heavy atom. The van der Waals surface area contributed by atoms with Crippen molar-refractivity contribution >= 4 is 33.2 Å². The lowest BCUT2D eigenvalue weighted by molar-refractivity contribution is -0.119. The Labute approximate surface area is 90.6 Å². The molecule has 3 N–H and O–H groups in total. The summed E-state index contributed by atoms with van der Waals surface area (Å²) in [5, 5.41) is 2.67. The van der Waals surface area contributed by atoms with Crippen molar-refractivity contribution in [3.05, 3.63) is 22.7 Å². The maximum atomic E-state index is 11.2. The quantitative estimate of drug-likeness (QED) is 0.810. The van der Waals surface area contributed by atoms with Crippen molar-refractivity contribution in [2.24, 2.45) is 0 Å². The minimum atomic E-state index is -0.196. The zero-order chi connectivity index (χ0) is 10.6. The van der Waals surface area contributed by atoms with E-state index in [1.165, 1.54) is 7.11 Å². The molecule has 0 saturated carbocycles. The fourth-order valence-electron chi connectivity index (χ4n) is 0.950. The monoisotopic (exact) mass is 258 g/mol. The van der Waals surface area contributed by atoms with Crippen LogP contribution in [0.15, 0.2) is 22.7 Å². The first-order valence-electron chi connectivity index (χ1n) is 3.97. The standard InChI is InChI=1S/C9H11BrN2O2/c1-14-5-9(13)12-8-3-2-6(11)4-7(8)10/h2-4H,5,11H2,1H3,(H,12,13). The van der Waals surface area contributed by atoms with Gasteiger partial charge < -0.3 is 15.8 Å². The van der Waals surface area contributed by atoms with Crippen molar-refractivity contribution in [3.63, 3.8) is 0 Å². The van der Waals surface area contributed by atoms with Crippen molar-refractivity contribution in [2.45, 2.75) is 0 Å². The van der Waals surface area contributed by atoms with Crippen molar-refractivity contribution in [2.75, 3.05) is 24.8 Å². The first kappa shape index (κ1) is 11.0. The van der Waals surface area contributed by atoms with Gasteiger partial charge in [0.25, 0.3) is 0 Å². The summed E-state index contributed by atoms with van der Waals surface area (Å²) in [6.45, 7) is 0.0385. The molecular weight excluding hydrogens is 248 g/mol. The van der Waals surface area contributed by atoms with E-state index in [1.807, 2.05) is 0 Å². The second-order valence-corrected chi connectivity index (χ2v) is 3.57. The van der Waals surface area contributed by atoms with E-state index in [0.717, 1.165) is 4.47 Å². The molecule has 1 aromatic rings. The van der Waals surface area contributed by atoms with Crippen LogP contribution in [0.2, 0.25) is 0 Å². The van der Waals surface area contributed by atoms with Crippen molar-refractivity contribution in [1.29, 1.82) is 0 Å². The van der Waals surface area contributed by atoms with Gasteiger partial charge >= 0.3 is 0 Å². The minimum absolute atomic E-state index is 0.0385. The van der Waals surface area contributed by atoms with Crippen molar-refractivity contribution < 1.29 is 9.53 Å². The number of rotatable bonds is 3. The molecule has 0 aliphatic heterocycles. The summed E-state index contributed by atoms with van der Waals surface area (Å²) in [6.07, 6.45) is 0. The molecule has 0 atom stereocenters. The molecule has 14 heavy (non-hydrogen) atoms. The number of nitrogens with two attached hydrogens (primary N) is 1. The number of ether oxygens (including phenoxy) is 1. The fourth-order valence-corrected chi connectivity index (χ4v) is 1.45. The number of nitrogens with one attached hydrogen (secondary N) is 1. The maximum absolute atomic E-state index is 11.2. The Morgan fingerprint density at radius 2 is 2.36 bits per heavy atom. The normalized spacial score (nSPS) is 9.86. The molecule has 1 amide bonds. The second kappa shape index (κ2) is 4.97. The van der Waals surface area contributed by atoms with Gasteiger partial charge in [0.1, 0.15) is 6.61 Å². The lowest BCUT2D eigenvalue weighted by atomic mass is 10.3. The molecule has 1 aromatic carbocycles. The van der Waals surface area contributed by atoms with Crippen LogP contribution in [0.25, 0.3) is 0 Å². The largest absolute Gasteiger partial charge is 0.399 e. The number of hydrogen-bond acceptors (Lipinski definition) is 3. The Kier molecular flexibility index (Phi) is 3.91. The number of halogens is 1. The number of methoxy groups -OCH3 is 1. The van der Waals surface area contributed by atoms with Crippen LogP contribution in [-0.2, 0) is 9.53 Å². The van der Waals surface area contributed by atoms with Gasteiger partial charge in [-0.1, -0.05) is 0 Å². The van der Waals surface area contributed by atoms with E-state index in [4.69, 9.17) is 5.73 Å². The van der Waals surface area contributed by atoms with Gasteiger partial charge in [-0.05, 0) is 34.1 Å². The predicted molar refractivity (Wildman–Crippen MR) is 59.1 cm³/mol. The SMILES string of the molecule is COCC(=O)Nc1ccc(N)cc1Br. The zero-order valence-electron chi connectivity index (χ0n) is 7.71. The molecule has 0 saturated heterocycles. The summed E-state index contributed by atoms with van der Waals surface area (Å²) in [4.78, 5) is 11.2. The number of hydrogen-bond donors (Lipinski definition) is 2. The summed E-state index contributed by atoms with van der Waals surface area (Å²) in [6, 6.07) is 5.17. The van der Waals surface area contributed by atoms with Crippen LogP contribution in [0.5, 0.6) is 0 Å². The molecular formula is C9H11BrN2O2. The summed E-state index contributed by atoms with van der Waals surface area (Å²) in [5.74, 6) is -0.196. The fraction of sp³-hybridized carbons (Fsp3) is 0.222. The smallest absolute Gasteiger partial charge is 0.250 e. The number of amides is 1. The first-order valence-corrected chi connectivity index (χ1v) is 4.76. The van der Waals surface area contributed by atoms with E-state index in [-0.39, 0.29) is 12.5 Å². The Bertz CT molecular complexity index is 342. The van der Waals surface area contributed by atoms with Gasteiger partial charge in [-0.2, -0.15) is 0 Å². The Balaban J connectivity index is 2.72. The highest BCUT2D eigenvalue weighted by molar-refractivity contribution is 9.10. The van der Waals surface area contributed by atoms with Crippen LogP contribution in [-0.4, -0.2) is 19.6 Å². The number of carbonyl (C=O) groups excluding carboxylic acids is 1. The molecule has 0 fully saturated rings. The number of anilines is 2. The molecule has 0 aromatic heterocycles. The second-order valence-electron chi connectivity index (χ2n) is 2.72. The van der Waals surface area contributed by atoms with E-state index in [1.54, 1.807) is 18.2 Å². The molecule has 0 spiro atoms. The number of benzene rings is 1. The third kappa shape index (κ3) is 3.01. The molecule has 0 heterocycles. The van der Waals surface area contributed by atoms with Crippen molar-refractivity contribution in [1.82, 2.24) is 0 Å². The lowest BCUT2D eigenvalue weighted by Crippen LogP contribution is -2.17. The molecule has 4 nitrogen and oxygen atoms in total. The zero-order valence-corrected chi connectivity index (χ0v) is 9.30. The summed E-state index contributed by atoms with van der Waals surface area (Å²) < 4.78 is 5.44. The van der Waals surface area contributed by atoms with Crippen LogP contribution in [0.3, 0.4) is 0 Å². The van der Waals surface area contributed by atoms with Crippen molar-refractivity contribution in [3.8, 4) is 0 Å². The van der Waals surface area contributed by atoms with Gasteiger partial charge in [-0.25, -0.2) is 0 Å². The summed E-state index contributed by atoms with van der Waals surface area (Å²) in [7, 11) is 1.47. The molecule has 5 heteroatoms. The van der Waals surface area contributed by atoms with E-state index >= 15 is 0 Å². The van der Waals surface area contributed by atoms with Crippen LogP contribution >= 0.6 is 15.9 Å². The third-order valence-electron chi connectivity index (χ3n) is 1.54. The maximum Gasteiger partial charge on any atom is 0.250 e. The van der Waals surface area contributed by atoms with Gasteiger partial charge in [0.05, 0.1) is 5.69 Å². The predicted octanol–water partition coefficient (Wildman–Crippen LogP) is 1.62. The molecule has 0 aliphatic rings.